The fourth-order valence-electron chi connectivity index (χ4n) is 1.89. The minimum absolute atomic E-state index is 0.622. The van der Waals surface area contributed by atoms with Crippen molar-refractivity contribution in [3.63, 3.8) is 0 Å². The van der Waals surface area contributed by atoms with Gasteiger partial charge in [-0.15, -0.1) is 10.2 Å². The van der Waals surface area contributed by atoms with Crippen LogP contribution in [0, 0.1) is 12.8 Å². The molecule has 0 aliphatic carbocycles. The second kappa shape index (κ2) is 5.23. The first-order chi connectivity index (χ1) is 8.20. The molecule has 0 fully saturated rings. The predicted molar refractivity (Wildman–Crippen MR) is 66.7 cm³/mol. The van der Waals surface area contributed by atoms with Crippen LogP contribution in [0.1, 0.15) is 31.3 Å². The molecule has 0 aliphatic rings. The fraction of sp³-hybridized carbons (Fsp3) is 0.583. The van der Waals surface area contributed by atoms with Gasteiger partial charge >= 0.3 is 0 Å². The summed E-state index contributed by atoms with van der Waals surface area (Å²) in [7, 11) is 0. The largest absolute Gasteiger partial charge is 0.330 e. The van der Waals surface area contributed by atoms with E-state index in [1.165, 1.54) is 0 Å². The Bertz CT molecular complexity index is 491. The highest BCUT2D eigenvalue weighted by molar-refractivity contribution is 5.35. The Labute approximate surface area is 101 Å². The molecule has 92 valence electrons. The monoisotopic (exact) mass is 233 g/mol. The number of aryl methyl sites for hydroxylation is 2. The SMILES string of the molecule is Cc1ccc2nnc(CCC(C)CCN)n2n1. The van der Waals surface area contributed by atoms with Crippen LogP contribution in [-0.4, -0.2) is 26.4 Å². The van der Waals surface area contributed by atoms with E-state index in [9.17, 15) is 0 Å². The van der Waals surface area contributed by atoms with Crippen LogP contribution in [0.15, 0.2) is 12.1 Å². The Kier molecular flexibility index (Phi) is 3.68. The third kappa shape index (κ3) is 2.79. The van der Waals surface area contributed by atoms with Crippen molar-refractivity contribution in [2.45, 2.75) is 33.1 Å². The van der Waals surface area contributed by atoms with Crippen molar-refractivity contribution < 1.29 is 0 Å². The van der Waals surface area contributed by atoms with Crippen LogP contribution in [0.3, 0.4) is 0 Å². The summed E-state index contributed by atoms with van der Waals surface area (Å²) in [6, 6.07) is 3.90. The molecule has 0 spiro atoms. The highest BCUT2D eigenvalue weighted by Gasteiger charge is 2.08. The maximum absolute atomic E-state index is 5.54. The van der Waals surface area contributed by atoms with Gasteiger partial charge in [-0.05, 0) is 44.4 Å². The summed E-state index contributed by atoms with van der Waals surface area (Å²) >= 11 is 0. The summed E-state index contributed by atoms with van der Waals surface area (Å²) in [4.78, 5) is 0. The van der Waals surface area contributed by atoms with Crippen molar-refractivity contribution in [3.05, 3.63) is 23.7 Å². The molecule has 5 nitrogen and oxygen atoms in total. The molecule has 0 bridgehead atoms. The van der Waals surface area contributed by atoms with Gasteiger partial charge in [0, 0.05) is 6.42 Å². The highest BCUT2D eigenvalue weighted by atomic mass is 15.4. The average molecular weight is 233 g/mol. The number of nitrogens with zero attached hydrogens (tertiary/aromatic N) is 4. The van der Waals surface area contributed by atoms with E-state index in [0.717, 1.165) is 43.0 Å². The van der Waals surface area contributed by atoms with Crippen molar-refractivity contribution in [1.82, 2.24) is 19.8 Å². The molecule has 17 heavy (non-hydrogen) atoms. The van der Waals surface area contributed by atoms with Crippen LogP contribution in [-0.2, 0) is 6.42 Å². The molecule has 1 unspecified atom stereocenters. The van der Waals surface area contributed by atoms with E-state index < -0.39 is 0 Å². The summed E-state index contributed by atoms with van der Waals surface area (Å²) in [6.45, 7) is 4.94. The lowest BCUT2D eigenvalue weighted by molar-refractivity contribution is 0.490. The molecule has 0 aromatic carbocycles. The molecule has 2 heterocycles. The van der Waals surface area contributed by atoms with Crippen LogP contribution in [0.25, 0.3) is 5.65 Å². The van der Waals surface area contributed by atoms with Gasteiger partial charge in [-0.1, -0.05) is 6.92 Å². The Morgan fingerprint density at radius 3 is 2.88 bits per heavy atom. The third-order valence-electron chi connectivity index (χ3n) is 2.98. The Hall–Kier alpha value is -1.49. The van der Waals surface area contributed by atoms with Gasteiger partial charge in [0.15, 0.2) is 11.5 Å². The van der Waals surface area contributed by atoms with E-state index in [0.29, 0.717) is 5.92 Å². The molecule has 0 radical (unpaired) electrons. The van der Waals surface area contributed by atoms with Gasteiger partial charge in [-0.3, -0.25) is 0 Å². The van der Waals surface area contributed by atoms with Gasteiger partial charge in [-0.25, -0.2) is 0 Å². The van der Waals surface area contributed by atoms with Gasteiger partial charge in [0.1, 0.15) is 0 Å². The summed E-state index contributed by atoms with van der Waals surface area (Å²) in [5, 5.41) is 12.7. The number of aromatic nitrogens is 4. The zero-order chi connectivity index (χ0) is 12.3. The molecular weight excluding hydrogens is 214 g/mol. The van der Waals surface area contributed by atoms with E-state index in [1.54, 1.807) is 0 Å². The van der Waals surface area contributed by atoms with Crippen LogP contribution in [0.4, 0.5) is 0 Å². The minimum Gasteiger partial charge on any atom is -0.330 e. The number of nitrogens with two attached hydrogens (primary N) is 1. The maximum Gasteiger partial charge on any atom is 0.177 e. The zero-order valence-electron chi connectivity index (χ0n) is 10.4. The van der Waals surface area contributed by atoms with Crippen LogP contribution in [0.2, 0.25) is 0 Å². The standard InChI is InChI=1S/C12H19N5/c1-9(7-8-13)3-5-11-14-15-12-6-4-10(2)16-17(11)12/h4,6,9H,3,5,7-8,13H2,1-2H3. The molecule has 0 aliphatic heterocycles. The van der Waals surface area contributed by atoms with Crippen molar-refractivity contribution in [2.75, 3.05) is 6.54 Å². The molecule has 0 saturated heterocycles. The van der Waals surface area contributed by atoms with Crippen LogP contribution >= 0.6 is 0 Å². The third-order valence-corrected chi connectivity index (χ3v) is 2.98. The Morgan fingerprint density at radius 2 is 2.12 bits per heavy atom. The molecule has 2 rings (SSSR count). The van der Waals surface area contributed by atoms with Crippen molar-refractivity contribution in [1.29, 1.82) is 0 Å². The first-order valence-electron chi connectivity index (χ1n) is 6.08. The van der Waals surface area contributed by atoms with Crippen molar-refractivity contribution >= 4 is 5.65 Å². The van der Waals surface area contributed by atoms with Crippen LogP contribution < -0.4 is 5.73 Å². The molecule has 5 heteroatoms. The first kappa shape index (κ1) is 12.0. The van der Waals surface area contributed by atoms with E-state index >= 15 is 0 Å². The summed E-state index contributed by atoms with van der Waals surface area (Å²) in [5.74, 6) is 1.56. The van der Waals surface area contributed by atoms with Crippen molar-refractivity contribution in [2.24, 2.45) is 11.7 Å². The van der Waals surface area contributed by atoms with Gasteiger partial charge in [0.25, 0.3) is 0 Å². The Balaban J connectivity index is 2.10. The lowest BCUT2D eigenvalue weighted by atomic mass is 10.0. The minimum atomic E-state index is 0.622. The van der Waals surface area contributed by atoms with E-state index in [4.69, 9.17) is 5.73 Å². The lowest BCUT2D eigenvalue weighted by Crippen LogP contribution is -2.08. The van der Waals surface area contributed by atoms with E-state index in [1.807, 2.05) is 23.6 Å². The molecule has 2 N–H and O–H groups in total. The van der Waals surface area contributed by atoms with Crippen LogP contribution in [0.5, 0.6) is 0 Å². The van der Waals surface area contributed by atoms with Gasteiger partial charge in [0.05, 0.1) is 5.69 Å². The van der Waals surface area contributed by atoms with Gasteiger partial charge in [-0.2, -0.15) is 9.61 Å². The number of hydrogen-bond donors (Lipinski definition) is 1. The molecule has 1 atom stereocenters. The lowest BCUT2D eigenvalue weighted by Gasteiger charge is -2.08. The molecule has 2 aromatic heterocycles. The van der Waals surface area contributed by atoms with Crippen molar-refractivity contribution in [3.8, 4) is 0 Å². The van der Waals surface area contributed by atoms with Gasteiger partial charge in [0.2, 0.25) is 0 Å². The normalized spacial score (nSPS) is 13.1. The summed E-state index contributed by atoms with van der Waals surface area (Å²) in [6.07, 6.45) is 3.04. The molecule has 0 saturated carbocycles. The summed E-state index contributed by atoms with van der Waals surface area (Å²) < 4.78 is 1.84. The molecule has 0 amide bonds. The number of hydrogen-bond acceptors (Lipinski definition) is 4. The second-order valence-corrected chi connectivity index (χ2v) is 4.58. The quantitative estimate of drug-likeness (QED) is 0.846. The topological polar surface area (TPSA) is 69.1 Å². The van der Waals surface area contributed by atoms with E-state index in [2.05, 4.69) is 22.2 Å². The van der Waals surface area contributed by atoms with E-state index in [-0.39, 0.29) is 0 Å². The highest BCUT2D eigenvalue weighted by Crippen LogP contribution is 2.11. The second-order valence-electron chi connectivity index (χ2n) is 4.58. The molecular formula is C12H19N5. The predicted octanol–water partition coefficient (Wildman–Crippen LogP) is 1.35. The first-order valence-corrected chi connectivity index (χ1v) is 6.08. The average Bonchev–Trinajstić information content (AvgIpc) is 2.69. The van der Waals surface area contributed by atoms with Gasteiger partial charge < -0.3 is 5.73 Å². The smallest absolute Gasteiger partial charge is 0.177 e. The zero-order valence-corrected chi connectivity index (χ0v) is 10.4. The Morgan fingerprint density at radius 1 is 1.29 bits per heavy atom. The fourth-order valence-corrected chi connectivity index (χ4v) is 1.89. The maximum atomic E-state index is 5.54. The molecule has 2 aromatic rings. The summed E-state index contributed by atoms with van der Waals surface area (Å²) in [5.41, 5.74) is 7.34. The number of fused-ring (bicyclic) bond motifs is 1. The number of rotatable bonds is 5.